The number of hydrogen-bond acceptors (Lipinski definition) is 3. The average Bonchev–Trinajstić information content (AvgIpc) is 3.62. The van der Waals surface area contributed by atoms with Crippen molar-refractivity contribution in [2.45, 2.75) is 0 Å². The molecule has 0 spiro atoms. The van der Waals surface area contributed by atoms with Crippen LogP contribution in [-0.4, -0.2) is 14.5 Å². The maximum absolute atomic E-state index is 5.34. The fraction of sp³-hybridized carbons (Fsp3) is 0. The minimum atomic E-state index is 0.692. The Balaban J connectivity index is 1.15. The molecule has 0 aliphatic rings. The molecule has 0 radical (unpaired) electrons. The van der Waals surface area contributed by atoms with Crippen molar-refractivity contribution in [1.82, 2.24) is 14.5 Å². The molecule has 10 aromatic rings. The molecule has 0 saturated carbocycles. The van der Waals surface area contributed by atoms with Crippen LogP contribution in [0.15, 0.2) is 218 Å². The largest absolute Gasteiger partial charge is 0.310 e. The minimum Gasteiger partial charge on any atom is -0.310 e. The summed E-state index contributed by atoms with van der Waals surface area (Å²) in [4.78, 5) is 13.0. The first-order chi connectivity index (χ1) is 27.8. The molecule has 264 valence electrons. The third kappa shape index (κ3) is 6.09. The molecule has 2 aromatic heterocycles. The highest BCUT2D eigenvalue weighted by molar-refractivity contribution is 6.15. The second kappa shape index (κ2) is 14.3. The highest BCUT2D eigenvalue weighted by Gasteiger charge is 2.23. The minimum absolute atomic E-state index is 0.692. The molecule has 0 N–H and O–H groups in total. The van der Waals surface area contributed by atoms with Crippen LogP contribution in [-0.2, 0) is 0 Å². The Hall–Kier alpha value is -7.56. The van der Waals surface area contributed by atoms with Gasteiger partial charge in [-0.05, 0) is 76.9 Å². The van der Waals surface area contributed by atoms with E-state index in [2.05, 4.69) is 204 Å². The van der Waals surface area contributed by atoms with Gasteiger partial charge in [0.15, 0.2) is 5.82 Å². The highest BCUT2D eigenvalue weighted by atomic mass is 15.1. The Morgan fingerprint density at radius 3 is 1.39 bits per heavy atom. The summed E-state index contributed by atoms with van der Waals surface area (Å²) in [5, 5.41) is 2.09. The molecule has 0 aliphatic carbocycles. The van der Waals surface area contributed by atoms with E-state index in [1.165, 1.54) is 22.3 Å². The van der Waals surface area contributed by atoms with Crippen LogP contribution in [0.3, 0.4) is 0 Å². The van der Waals surface area contributed by atoms with Gasteiger partial charge in [0.2, 0.25) is 0 Å². The van der Waals surface area contributed by atoms with Crippen molar-refractivity contribution < 1.29 is 0 Å². The molecule has 8 aromatic carbocycles. The Kier molecular flexibility index (Phi) is 8.47. The average molecular weight is 717 g/mol. The lowest BCUT2D eigenvalue weighted by molar-refractivity contribution is 1.11. The molecular formula is C52H36N4. The van der Waals surface area contributed by atoms with Gasteiger partial charge < -0.3 is 4.90 Å². The quantitative estimate of drug-likeness (QED) is 0.157. The molecule has 0 atom stereocenters. The molecule has 0 amide bonds. The summed E-state index contributed by atoms with van der Waals surface area (Å²) in [6.07, 6.45) is 0. The lowest BCUT2D eigenvalue weighted by atomic mass is 10.00. The van der Waals surface area contributed by atoms with Gasteiger partial charge in [-0.1, -0.05) is 164 Å². The predicted octanol–water partition coefficient (Wildman–Crippen LogP) is 13.7. The number of nitrogens with zero attached hydrogens (tertiary/aromatic N) is 4. The van der Waals surface area contributed by atoms with Crippen LogP contribution >= 0.6 is 0 Å². The van der Waals surface area contributed by atoms with Crippen molar-refractivity contribution in [3.63, 3.8) is 0 Å². The second-order valence-corrected chi connectivity index (χ2v) is 13.9. The number of hydrogen-bond donors (Lipinski definition) is 0. The maximum Gasteiger partial charge on any atom is 0.162 e. The topological polar surface area (TPSA) is 34.0 Å². The first-order valence-corrected chi connectivity index (χ1v) is 18.9. The molecule has 2 heterocycles. The zero-order chi connectivity index (χ0) is 37.3. The van der Waals surface area contributed by atoms with Gasteiger partial charge in [-0.25, -0.2) is 9.97 Å². The first kappa shape index (κ1) is 33.0. The Labute approximate surface area is 326 Å². The van der Waals surface area contributed by atoms with E-state index in [0.29, 0.717) is 5.82 Å². The van der Waals surface area contributed by atoms with Crippen LogP contribution in [0, 0.1) is 0 Å². The smallest absolute Gasteiger partial charge is 0.162 e. The molecular weight excluding hydrogens is 681 g/mol. The van der Waals surface area contributed by atoms with Gasteiger partial charge in [-0.15, -0.1) is 0 Å². The molecule has 10 rings (SSSR count). The lowest BCUT2D eigenvalue weighted by Crippen LogP contribution is -2.09. The van der Waals surface area contributed by atoms with Gasteiger partial charge in [-0.3, -0.25) is 4.57 Å². The van der Waals surface area contributed by atoms with E-state index in [4.69, 9.17) is 9.97 Å². The number of fused-ring (bicyclic) bond motifs is 3. The van der Waals surface area contributed by atoms with Crippen molar-refractivity contribution in [2.24, 2.45) is 0 Å². The molecule has 56 heavy (non-hydrogen) atoms. The Bertz CT molecular complexity index is 2910. The molecule has 0 fully saturated rings. The van der Waals surface area contributed by atoms with Crippen molar-refractivity contribution in [3.05, 3.63) is 218 Å². The van der Waals surface area contributed by atoms with E-state index in [0.717, 1.165) is 61.5 Å². The van der Waals surface area contributed by atoms with Crippen LogP contribution in [0.25, 0.3) is 72.5 Å². The van der Waals surface area contributed by atoms with E-state index in [-0.39, 0.29) is 0 Å². The summed E-state index contributed by atoms with van der Waals surface area (Å²) < 4.78 is 2.28. The van der Waals surface area contributed by atoms with E-state index >= 15 is 0 Å². The van der Waals surface area contributed by atoms with Crippen LogP contribution in [0.5, 0.6) is 0 Å². The van der Waals surface area contributed by atoms with Gasteiger partial charge in [-0.2, -0.15) is 0 Å². The van der Waals surface area contributed by atoms with Gasteiger partial charge in [0, 0.05) is 39.3 Å². The summed E-state index contributed by atoms with van der Waals surface area (Å²) in [7, 11) is 0. The molecule has 4 nitrogen and oxygen atoms in total. The SMILES string of the molecule is c1ccc(-c2ccc(-c3ccc(N(c4ccccc4)c4ccc5c(c4)c4c(-c6ccccc6)nc(-c6ccccc6)nc4n5-c4ccccc4)cc3)cc2)cc1. The zero-order valence-corrected chi connectivity index (χ0v) is 30.6. The van der Waals surface area contributed by atoms with E-state index in [1.54, 1.807) is 0 Å². The van der Waals surface area contributed by atoms with Crippen LogP contribution in [0.4, 0.5) is 17.1 Å². The van der Waals surface area contributed by atoms with Gasteiger partial charge >= 0.3 is 0 Å². The summed E-state index contributed by atoms with van der Waals surface area (Å²) in [6.45, 7) is 0. The molecule has 4 heteroatoms. The van der Waals surface area contributed by atoms with Crippen LogP contribution in [0.2, 0.25) is 0 Å². The van der Waals surface area contributed by atoms with E-state index < -0.39 is 0 Å². The Morgan fingerprint density at radius 2 is 0.804 bits per heavy atom. The number of para-hydroxylation sites is 2. The molecule has 0 unspecified atom stereocenters. The third-order valence-electron chi connectivity index (χ3n) is 10.4. The summed E-state index contributed by atoms with van der Waals surface area (Å²) in [6, 6.07) is 76.8. The lowest BCUT2D eigenvalue weighted by Gasteiger charge is -2.26. The molecule has 0 aliphatic heterocycles. The number of anilines is 3. The number of rotatable bonds is 8. The highest BCUT2D eigenvalue weighted by Crippen LogP contribution is 2.42. The van der Waals surface area contributed by atoms with Crippen molar-refractivity contribution in [3.8, 4) is 50.6 Å². The monoisotopic (exact) mass is 716 g/mol. The number of aromatic nitrogens is 3. The summed E-state index contributed by atoms with van der Waals surface area (Å²) >= 11 is 0. The predicted molar refractivity (Wildman–Crippen MR) is 233 cm³/mol. The number of benzene rings is 8. The molecule has 0 saturated heterocycles. The standard InChI is InChI=1S/C52H36N4/c1-6-16-37(17-7-1)38-26-28-39(29-27-38)40-30-32-45(33-31-40)55(43-22-12-4-13-23-43)46-34-35-48-47(36-46)49-50(41-18-8-2-9-19-41)53-51(42-20-10-3-11-21-42)54-52(49)56(48)44-24-14-5-15-25-44/h1-36H. The van der Waals surface area contributed by atoms with Crippen LogP contribution in [0.1, 0.15) is 0 Å². The van der Waals surface area contributed by atoms with Gasteiger partial charge in [0.25, 0.3) is 0 Å². The Morgan fingerprint density at radius 1 is 0.357 bits per heavy atom. The molecule has 0 bridgehead atoms. The van der Waals surface area contributed by atoms with E-state index in [9.17, 15) is 0 Å². The third-order valence-corrected chi connectivity index (χ3v) is 10.4. The second-order valence-electron chi connectivity index (χ2n) is 13.9. The zero-order valence-electron chi connectivity index (χ0n) is 30.6. The fourth-order valence-electron chi connectivity index (χ4n) is 7.70. The first-order valence-electron chi connectivity index (χ1n) is 18.9. The summed E-state index contributed by atoms with van der Waals surface area (Å²) in [5.41, 5.74) is 13.9. The van der Waals surface area contributed by atoms with Crippen molar-refractivity contribution >= 4 is 39.0 Å². The van der Waals surface area contributed by atoms with Gasteiger partial charge in [0.05, 0.1) is 16.6 Å². The van der Waals surface area contributed by atoms with Crippen LogP contribution < -0.4 is 4.90 Å². The van der Waals surface area contributed by atoms with Crippen molar-refractivity contribution in [1.29, 1.82) is 0 Å². The normalized spacial score (nSPS) is 11.2. The fourth-order valence-corrected chi connectivity index (χ4v) is 7.70. The maximum atomic E-state index is 5.34. The van der Waals surface area contributed by atoms with Gasteiger partial charge in [0.1, 0.15) is 5.65 Å². The van der Waals surface area contributed by atoms with Crippen molar-refractivity contribution in [2.75, 3.05) is 4.90 Å². The summed E-state index contributed by atoms with van der Waals surface area (Å²) in [5.74, 6) is 0.692. The van der Waals surface area contributed by atoms with E-state index in [1.807, 2.05) is 24.3 Å².